The molecule has 0 saturated carbocycles. The van der Waals surface area contributed by atoms with E-state index in [1.165, 1.54) is 5.69 Å². The molecule has 0 atom stereocenters. The first kappa shape index (κ1) is 14.5. The third kappa shape index (κ3) is 3.17. The molecule has 0 fully saturated rings. The molecule has 0 amide bonds. The molecule has 0 aliphatic heterocycles. The molecule has 0 unspecified atom stereocenters. The molecule has 20 heavy (non-hydrogen) atoms. The van der Waals surface area contributed by atoms with Gasteiger partial charge in [0.15, 0.2) is 0 Å². The summed E-state index contributed by atoms with van der Waals surface area (Å²) in [7, 11) is 0. The number of nitrogens with zero attached hydrogens (tertiary/aromatic N) is 4. The summed E-state index contributed by atoms with van der Waals surface area (Å²) in [5, 5.41) is 4.29. The van der Waals surface area contributed by atoms with Crippen molar-refractivity contribution in [1.82, 2.24) is 14.8 Å². The van der Waals surface area contributed by atoms with Crippen LogP contribution in [0.2, 0.25) is 0 Å². The van der Waals surface area contributed by atoms with Crippen molar-refractivity contribution < 1.29 is 0 Å². The van der Waals surface area contributed by atoms with E-state index in [-0.39, 0.29) is 0 Å². The lowest BCUT2D eigenvalue weighted by Gasteiger charge is -2.23. The van der Waals surface area contributed by atoms with Gasteiger partial charge in [-0.1, -0.05) is 12.1 Å². The number of aromatic nitrogens is 3. The summed E-state index contributed by atoms with van der Waals surface area (Å²) >= 11 is 0. The van der Waals surface area contributed by atoms with Gasteiger partial charge >= 0.3 is 0 Å². The van der Waals surface area contributed by atoms with Crippen LogP contribution in [0.15, 0.2) is 30.6 Å². The molecule has 2 aromatic rings. The highest BCUT2D eigenvalue weighted by atomic mass is 15.4. The van der Waals surface area contributed by atoms with Gasteiger partial charge in [0.1, 0.15) is 12.2 Å². The van der Waals surface area contributed by atoms with Crippen molar-refractivity contribution in [3.63, 3.8) is 0 Å². The average Bonchev–Trinajstić information content (AvgIpc) is 2.93. The zero-order valence-corrected chi connectivity index (χ0v) is 12.5. The van der Waals surface area contributed by atoms with Crippen LogP contribution in [0, 0.1) is 0 Å². The predicted octanol–water partition coefficient (Wildman–Crippen LogP) is 2.34. The second-order valence-electron chi connectivity index (χ2n) is 5.10. The largest absolute Gasteiger partial charge is 0.364 e. The van der Waals surface area contributed by atoms with E-state index >= 15 is 0 Å². The Morgan fingerprint density at radius 1 is 1.25 bits per heavy atom. The van der Waals surface area contributed by atoms with Crippen molar-refractivity contribution in [1.29, 1.82) is 0 Å². The molecule has 0 radical (unpaired) electrons. The first-order chi connectivity index (χ1) is 9.65. The molecule has 108 valence electrons. The van der Waals surface area contributed by atoms with Crippen LogP contribution in [-0.4, -0.2) is 21.3 Å². The average molecular weight is 273 g/mol. The van der Waals surface area contributed by atoms with E-state index < -0.39 is 0 Å². The fourth-order valence-corrected chi connectivity index (χ4v) is 2.22. The van der Waals surface area contributed by atoms with E-state index in [0.29, 0.717) is 12.6 Å². The Labute approximate surface area is 120 Å². The first-order valence-corrected chi connectivity index (χ1v) is 7.08. The van der Waals surface area contributed by atoms with Crippen LogP contribution < -0.4 is 10.6 Å². The van der Waals surface area contributed by atoms with Gasteiger partial charge in [0.2, 0.25) is 0 Å². The number of hydrogen-bond donors (Lipinski definition) is 1. The van der Waals surface area contributed by atoms with Crippen molar-refractivity contribution in [3.05, 3.63) is 42.0 Å². The molecule has 0 saturated heterocycles. The van der Waals surface area contributed by atoms with Crippen LogP contribution in [0.25, 0.3) is 0 Å². The highest BCUT2D eigenvalue weighted by Crippen LogP contribution is 2.18. The quantitative estimate of drug-likeness (QED) is 0.877. The fourth-order valence-electron chi connectivity index (χ4n) is 2.22. The van der Waals surface area contributed by atoms with Crippen LogP contribution in [-0.2, 0) is 13.1 Å². The minimum atomic E-state index is 0.325. The van der Waals surface area contributed by atoms with Crippen LogP contribution in [0.3, 0.4) is 0 Å². The van der Waals surface area contributed by atoms with Gasteiger partial charge in [0.25, 0.3) is 0 Å². The van der Waals surface area contributed by atoms with Crippen LogP contribution in [0.4, 0.5) is 5.69 Å². The molecule has 1 aromatic carbocycles. The lowest BCUT2D eigenvalue weighted by molar-refractivity contribution is 0.501. The van der Waals surface area contributed by atoms with Gasteiger partial charge in [-0.25, -0.2) is 9.67 Å². The van der Waals surface area contributed by atoms with Gasteiger partial charge in [0.05, 0.1) is 6.54 Å². The third-order valence-electron chi connectivity index (χ3n) is 3.39. The van der Waals surface area contributed by atoms with Gasteiger partial charge in [0, 0.05) is 24.8 Å². The number of rotatable bonds is 6. The number of nitrogens with two attached hydrogens (primary N) is 1. The summed E-state index contributed by atoms with van der Waals surface area (Å²) < 4.78 is 1.97. The lowest BCUT2D eigenvalue weighted by atomic mass is 10.2. The zero-order valence-electron chi connectivity index (χ0n) is 12.5. The fraction of sp³-hybridized carbons (Fsp3) is 0.467. The summed E-state index contributed by atoms with van der Waals surface area (Å²) in [6.07, 6.45) is 1.63. The Morgan fingerprint density at radius 2 is 1.95 bits per heavy atom. The third-order valence-corrected chi connectivity index (χ3v) is 3.39. The summed E-state index contributed by atoms with van der Waals surface area (Å²) in [6.45, 7) is 8.64. The monoisotopic (exact) mass is 273 g/mol. The topological polar surface area (TPSA) is 60.0 Å². The molecular weight excluding hydrogens is 250 g/mol. The Hall–Kier alpha value is -1.88. The highest BCUT2D eigenvalue weighted by molar-refractivity contribution is 5.47. The van der Waals surface area contributed by atoms with Gasteiger partial charge < -0.3 is 10.6 Å². The summed E-state index contributed by atoms with van der Waals surface area (Å²) in [5.41, 5.74) is 7.97. The van der Waals surface area contributed by atoms with E-state index in [2.05, 4.69) is 60.0 Å². The van der Waals surface area contributed by atoms with E-state index in [1.54, 1.807) is 6.33 Å². The maximum atomic E-state index is 5.64. The summed E-state index contributed by atoms with van der Waals surface area (Å²) in [5.74, 6) is 0.991. The van der Waals surface area contributed by atoms with E-state index in [9.17, 15) is 0 Å². The molecule has 5 nitrogen and oxygen atoms in total. The van der Waals surface area contributed by atoms with Gasteiger partial charge in [-0.05, 0) is 38.5 Å². The Bertz CT molecular complexity index is 529. The zero-order chi connectivity index (χ0) is 14.5. The smallest absolute Gasteiger partial charge is 0.146 e. The lowest BCUT2D eigenvalue weighted by Crippen LogP contribution is -2.25. The molecule has 2 rings (SSSR count). The second-order valence-corrected chi connectivity index (χ2v) is 5.10. The minimum Gasteiger partial charge on any atom is -0.364 e. The maximum absolute atomic E-state index is 5.64. The normalized spacial score (nSPS) is 11.1. The van der Waals surface area contributed by atoms with Crippen molar-refractivity contribution >= 4 is 5.69 Å². The van der Waals surface area contributed by atoms with E-state index in [0.717, 1.165) is 24.5 Å². The summed E-state index contributed by atoms with van der Waals surface area (Å²) in [4.78, 5) is 6.66. The van der Waals surface area contributed by atoms with E-state index in [4.69, 9.17) is 5.73 Å². The molecule has 0 aliphatic rings. The van der Waals surface area contributed by atoms with Crippen LogP contribution in [0.5, 0.6) is 0 Å². The molecule has 0 aliphatic carbocycles. The van der Waals surface area contributed by atoms with Crippen molar-refractivity contribution in [2.75, 3.05) is 11.4 Å². The SMILES string of the molecule is CCN(Cc1ncnn1C(C)C)c1ccc(CN)cc1. The van der Waals surface area contributed by atoms with Crippen molar-refractivity contribution in [2.24, 2.45) is 5.73 Å². The van der Waals surface area contributed by atoms with Crippen molar-refractivity contribution in [3.8, 4) is 0 Å². The number of benzene rings is 1. The molecule has 0 spiro atoms. The predicted molar refractivity (Wildman–Crippen MR) is 81.5 cm³/mol. The van der Waals surface area contributed by atoms with Gasteiger partial charge in [-0.3, -0.25) is 0 Å². The molecule has 1 heterocycles. The first-order valence-electron chi connectivity index (χ1n) is 7.08. The minimum absolute atomic E-state index is 0.325. The molecule has 1 aromatic heterocycles. The number of hydrogen-bond acceptors (Lipinski definition) is 4. The maximum Gasteiger partial charge on any atom is 0.146 e. The second kappa shape index (κ2) is 6.52. The Morgan fingerprint density at radius 3 is 2.50 bits per heavy atom. The Kier molecular flexibility index (Phi) is 4.74. The highest BCUT2D eigenvalue weighted by Gasteiger charge is 2.12. The molecule has 0 bridgehead atoms. The van der Waals surface area contributed by atoms with Crippen molar-refractivity contribution in [2.45, 2.75) is 39.9 Å². The van der Waals surface area contributed by atoms with Crippen LogP contribution >= 0.6 is 0 Å². The molecule has 2 N–H and O–H groups in total. The number of anilines is 1. The van der Waals surface area contributed by atoms with Crippen LogP contribution in [0.1, 0.15) is 38.2 Å². The Balaban J connectivity index is 2.17. The van der Waals surface area contributed by atoms with E-state index in [1.807, 2.05) is 4.68 Å². The van der Waals surface area contributed by atoms with Gasteiger partial charge in [-0.2, -0.15) is 5.10 Å². The summed E-state index contributed by atoms with van der Waals surface area (Å²) in [6, 6.07) is 8.70. The standard InChI is InChI=1S/C15H23N5/c1-4-19(14-7-5-13(9-16)6-8-14)10-15-17-11-18-20(15)12(2)3/h5-8,11-12H,4,9-10,16H2,1-3H3. The molecule has 5 heteroatoms. The van der Waals surface area contributed by atoms with Gasteiger partial charge in [-0.15, -0.1) is 0 Å². The molecular formula is C15H23N5.